The van der Waals surface area contributed by atoms with Crippen molar-refractivity contribution in [3.63, 3.8) is 0 Å². The minimum absolute atomic E-state index is 0.566. The van der Waals surface area contributed by atoms with Gasteiger partial charge in [-0.1, -0.05) is 109 Å². The predicted molar refractivity (Wildman–Crippen MR) is 207 cm³/mol. The van der Waals surface area contributed by atoms with E-state index in [9.17, 15) is 0 Å². The monoisotopic (exact) mass is 653 g/mol. The first-order valence-electron chi connectivity index (χ1n) is 17.0. The molecule has 0 N–H and O–H groups in total. The molecule has 0 atom stereocenters. The number of para-hydroxylation sites is 4. The molecule has 0 radical (unpaired) electrons. The van der Waals surface area contributed by atoms with Gasteiger partial charge < -0.3 is 8.98 Å². The van der Waals surface area contributed by atoms with Crippen molar-refractivity contribution in [3.8, 4) is 34.4 Å². The van der Waals surface area contributed by atoms with Crippen molar-refractivity contribution in [1.29, 1.82) is 0 Å². The van der Waals surface area contributed by atoms with Crippen LogP contribution in [-0.2, 0) is 0 Å². The molecule has 0 aliphatic heterocycles. The van der Waals surface area contributed by atoms with E-state index in [0.29, 0.717) is 17.6 Å². The van der Waals surface area contributed by atoms with E-state index in [2.05, 4.69) is 137 Å². The summed E-state index contributed by atoms with van der Waals surface area (Å²) in [6, 6.07) is 56.6. The van der Waals surface area contributed by atoms with Gasteiger partial charge in [-0.05, 0) is 54.6 Å². The molecule has 4 heterocycles. The van der Waals surface area contributed by atoms with E-state index < -0.39 is 0 Å². The second kappa shape index (κ2) is 10.7. The lowest BCUT2D eigenvalue weighted by Gasteiger charge is -2.10. The Hall–Kier alpha value is -7.05. The lowest BCUT2D eigenvalue weighted by Crippen LogP contribution is -2.06. The van der Waals surface area contributed by atoms with E-state index in [4.69, 9.17) is 19.4 Å². The molecule has 0 aliphatic carbocycles. The molecule has 0 fully saturated rings. The van der Waals surface area contributed by atoms with E-state index >= 15 is 0 Å². The second-order valence-corrected chi connectivity index (χ2v) is 12.9. The van der Waals surface area contributed by atoms with Crippen molar-refractivity contribution in [3.05, 3.63) is 164 Å². The normalized spacial score (nSPS) is 11.9. The van der Waals surface area contributed by atoms with Crippen LogP contribution in [0.4, 0.5) is 0 Å². The van der Waals surface area contributed by atoms with Crippen LogP contribution in [0.25, 0.3) is 100.0 Å². The van der Waals surface area contributed by atoms with E-state index in [-0.39, 0.29) is 0 Å². The van der Waals surface area contributed by atoms with Gasteiger partial charge in [-0.2, -0.15) is 9.97 Å². The Morgan fingerprint density at radius 3 is 1.67 bits per heavy atom. The van der Waals surface area contributed by atoms with Crippen LogP contribution < -0.4 is 0 Å². The standard InChI is InChI=1S/C45H27N5O/c1-3-13-28(14-4-1)43-46-44(48-45(47-43)50-36-20-10-7-17-31(36)32-18-8-11-21-37(32)50)29-23-24-33-34-25-26-39-41(42(34)51-40(33)27-29)35-19-9-12-22-38(35)49(39)30-15-5-2-6-16-30/h1-27H. The van der Waals surface area contributed by atoms with Crippen molar-refractivity contribution >= 4 is 65.6 Å². The lowest BCUT2D eigenvalue weighted by atomic mass is 10.1. The maximum absolute atomic E-state index is 6.83. The van der Waals surface area contributed by atoms with Gasteiger partial charge in [0.2, 0.25) is 5.95 Å². The summed E-state index contributed by atoms with van der Waals surface area (Å²) < 4.78 is 11.3. The van der Waals surface area contributed by atoms with E-state index in [1.165, 1.54) is 0 Å². The average Bonchev–Trinajstić information content (AvgIpc) is 3.86. The van der Waals surface area contributed by atoms with Gasteiger partial charge in [0, 0.05) is 43.7 Å². The summed E-state index contributed by atoms with van der Waals surface area (Å²) in [6.07, 6.45) is 0. The largest absolute Gasteiger partial charge is 0.455 e. The molecule has 7 aromatic carbocycles. The summed E-state index contributed by atoms with van der Waals surface area (Å²) in [5, 5.41) is 6.69. The molecule has 11 aromatic rings. The van der Waals surface area contributed by atoms with Crippen LogP contribution in [0.3, 0.4) is 0 Å². The molecule has 51 heavy (non-hydrogen) atoms. The first kappa shape index (κ1) is 27.9. The summed E-state index contributed by atoms with van der Waals surface area (Å²) in [4.78, 5) is 15.3. The molecular weight excluding hydrogens is 627 g/mol. The van der Waals surface area contributed by atoms with Crippen LogP contribution in [0.1, 0.15) is 0 Å². The quantitative estimate of drug-likeness (QED) is 0.190. The van der Waals surface area contributed by atoms with Crippen LogP contribution in [0.2, 0.25) is 0 Å². The minimum Gasteiger partial charge on any atom is -0.455 e. The Bertz CT molecular complexity index is 3080. The number of hydrogen-bond donors (Lipinski definition) is 0. The molecule has 0 spiro atoms. The second-order valence-electron chi connectivity index (χ2n) is 12.9. The zero-order chi connectivity index (χ0) is 33.5. The van der Waals surface area contributed by atoms with Crippen LogP contribution in [-0.4, -0.2) is 24.1 Å². The number of fused-ring (bicyclic) bond motifs is 10. The van der Waals surface area contributed by atoms with Crippen LogP contribution >= 0.6 is 0 Å². The van der Waals surface area contributed by atoms with Crippen LogP contribution in [0, 0.1) is 0 Å². The summed E-state index contributed by atoms with van der Waals surface area (Å²) in [5.41, 5.74) is 8.88. The zero-order valence-corrected chi connectivity index (χ0v) is 27.2. The van der Waals surface area contributed by atoms with Gasteiger partial charge in [0.1, 0.15) is 11.2 Å². The molecule has 0 unspecified atom stereocenters. The van der Waals surface area contributed by atoms with Crippen molar-refractivity contribution in [2.24, 2.45) is 0 Å². The first-order chi connectivity index (χ1) is 25.3. The molecule has 0 bridgehead atoms. The summed E-state index contributed by atoms with van der Waals surface area (Å²) in [7, 11) is 0. The van der Waals surface area contributed by atoms with Gasteiger partial charge in [0.15, 0.2) is 11.6 Å². The van der Waals surface area contributed by atoms with Crippen molar-refractivity contribution in [2.45, 2.75) is 0 Å². The van der Waals surface area contributed by atoms with Crippen LogP contribution in [0.15, 0.2) is 168 Å². The molecule has 6 nitrogen and oxygen atoms in total. The van der Waals surface area contributed by atoms with Crippen molar-refractivity contribution < 1.29 is 4.42 Å². The average molecular weight is 654 g/mol. The van der Waals surface area contributed by atoms with Crippen LogP contribution in [0.5, 0.6) is 0 Å². The molecule has 4 aromatic heterocycles. The van der Waals surface area contributed by atoms with E-state index in [1.807, 2.05) is 36.4 Å². The summed E-state index contributed by atoms with van der Waals surface area (Å²) in [6.45, 7) is 0. The van der Waals surface area contributed by atoms with Gasteiger partial charge in [-0.25, -0.2) is 4.98 Å². The van der Waals surface area contributed by atoms with Crippen molar-refractivity contribution in [2.75, 3.05) is 0 Å². The molecule has 0 saturated heterocycles. The summed E-state index contributed by atoms with van der Waals surface area (Å²) >= 11 is 0. The molecule has 11 rings (SSSR count). The highest BCUT2D eigenvalue weighted by Crippen LogP contribution is 2.41. The Morgan fingerprint density at radius 1 is 0.392 bits per heavy atom. The maximum atomic E-state index is 6.83. The summed E-state index contributed by atoms with van der Waals surface area (Å²) in [5.74, 6) is 1.75. The third-order valence-corrected chi connectivity index (χ3v) is 9.98. The number of rotatable bonds is 4. The maximum Gasteiger partial charge on any atom is 0.238 e. The first-order valence-corrected chi connectivity index (χ1v) is 17.0. The molecule has 0 aliphatic rings. The number of hydrogen-bond acceptors (Lipinski definition) is 4. The number of nitrogens with zero attached hydrogens (tertiary/aromatic N) is 5. The molecule has 0 amide bonds. The third kappa shape index (κ3) is 4.14. The molecular formula is C45H27N5O. The SMILES string of the molecule is c1ccc(-c2nc(-c3ccc4c(c3)oc3c4ccc4c3c3ccccc3n4-c3ccccc3)nc(-n3c4ccccc4c4ccccc43)n2)cc1. The van der Waals surface area contributed by atoms with Gasteiger partial charge in [0.05, 0.1) is 27.5 Å². The van der Waals surface area contributed by atoms with E-state index in [0.717, 1.165) is 82.4 Å². The Kier molecular flexibility index (Phi) is 5.86. The van der Waals surface area contributed by atoms with Crippen molar-refractivity contribution in [1.82, 2.24) is 24.1 Å². The Labute approximate surface area is 291 Å². The highest BCUT2D eigenvalue weighted by atomic mass is 16.3. The Balaban J connectivity index is 1.15. The fraction of sp³-hybridized carbons (Fsp3) is 0. The Morgan fingerprint density at radius 2 is 0.961 bits per heavy atom. The highest BCUT2D eigenvalue weighted by molar-refractivity contribution is 6.24. The fourth-order valence-electron chi connectivity index (χ4n) is 7.73. The lowest BCUT2D eigenvalue weighted by molar-refractivity contribution is 0.673. The van der Waals surface area contributed by atoms with Gasteiger partial charge >= 0.3 is 0 Å². The number of aromatic nitrogens is 5. The number of benzene rings is 7. The predicted octanol–water partition coefficient (Wildman–Crippen LogP) is 11.3. The minimum atomic E-state index is 0.566. The van der Waals surface area contributed by atoms with Gasteiger partial charge in [-0.3, -0.25) is 4.57 Å². The fourth-order valence-corrected chi connectivity index (χ4v) is 7.73. The van der Waals surface area contributed by atoms with Gasteiger partial charge in [0.25, 0.3) is 0 Å². The number of furan rings is 1. The van der Waals surface area contributed by atoms with Gasteiger partial charge in [-0.15, -0.1) is 0 Å². The topological polar surface area (TPSA) is 61.7 Å². The van der Waals surface area contributed by atoms with E-state index in [1.54, 1.807) is 0 Å². The smallest absolute Gasteiger partial charge is 0.238 e. The third-order valence-electron chi connectivity index (χ3n) is 9.98. The molecule has 238 valence electrons. The molecule has 0 saturated carbocycles. The molecule has 6 heteroatoms. The zero-order valence-electron chi connectivity index (χ0n) is 27.2. The highest BCUT2D eigenvalue weighted by Gasteiger charge is 2.21.